The first-order chi connectivity index (χ1) is 14.1. The van der Waals surface area contributed by atoms with Crippen LogP contribution in [-0.2, 0) is 11.3 Å². The summed E-state index contributed by atoms with van der Waals surface area (Å²) in [5.41, 5.74) is 6.55. The predicted octanol–water partition coefficient (Wildman–Crippen LogP) is 4.22. The van der Waals surface area contributed by atoms with E-state index in [0.29, 0.717) is 26.3 Å². The Kier molecular flexibility index (Phi) is 5.67. The molecule has 1 aliphatic heterocycles. The molecule has 1 aliphatic rings. The lowest BCUT2D eigenvalue weighted by Crippen LogP contribution is -2.30. The third-order valence-corrected chi connectivity index (χ3v) is 6.12. The van der Waals surface area contributed by atoms with Gasteiger partial charge in [-0.3, -0.25) is 5.41 Å². The van der Waals surface area contributed by atoms with Crippen LogP contribution in [0.25, 0.3) is 10.1 Å². The molecule has 2 heterocycles. The first-order valence-corrected chi connectivity index (χ1v) is 10.4. The van der Waals surface area contributed by atoms with Crippen LogP contribution in [0.3, 0.4) is 0 Å². The molecule has 1 saturated heterocycles. The summed E-state index contributed by atoms with van der Waals surface area (Å²) < 4.78 is 12.4. The molecule has 3 N–H and O–H groups in total. The van der Waals surface area contributed by atoms with Crippen LogP contribution in [0.1, 0.15) is 16.9 Å². The van der Waals surface area contributed by atoms with Gasteiger partial charge in [0, 0.05) is 23.7 Å². The molecule has 29 heavy (non-hydrogen) atoms. The van der Waals surface area contributed by atoms with Crippen LogP contribution in [0.2, 0.25) is 0 Å². The summed E-state index contributed by atoms with van der Waals surface area (Å²) >= 11 is 1.49. The standard InChI is InChI=1S/C22H23N3O3S/c23-21(24)20-10-17-6-7-18(11-19(17)29-20)27-14-16-8-9-25(12-16)22(26)28-13-15-4-2-1-3-5-15/h1-7,10-11,16H,8-9,12-14H2,(H3,23,24). The number of amidine groups is 1. The molecule has 0 spiro atoms. The fourth-order valence-corrected chi connectivity index (χ4v) is 4.35. The zero-order chi connectivity index (χ0) is 20.2. The number of likely N-dealkylation sites (tertiary alicyclic amines) is 1. The van der Waals surface area contributed by atoms with E-state index in [1.54, 1.807) is 4.90 Å². The van der Waals surface area contributed by atoms with E-state index in [4.69, 9.17) is 20.6 Å². The van der Waals surface area contributed by atoms with Crippen molar-refractivity contribution >= 4 is 33.4 Å². The third-order valence-electron chi connectivity index (χ3n) is 4.99. The van der Waals surface area contributed by atoms with Crippen molar-refractivity contribution in [1.82, 2.24) is 4.90 Å². The summed E-state index contributed by atoms with van der Waals surface area (Å²) in [6, 6.07) is 17.5. The maximum atomic E-state index is 12.3. The van der Waals surface area contributed by atoms with Crippen LogP contribution < -0.4 is 10.5 Å². The first kappa shape index (κ1) is 19.3. The first-order valence-electron chi connectivity index (χ1n) is 9.55. The Morgan fingerprint density at radius 2 is 2.03 bits per heavy atom. The van der Waals surface area contributed by atoms with E-state index in [0.717, 1.165) is 32.7 Å². The van der Waals surface area contributed by atoms with Crippen LogP contribution >= 0.6 is 11.3 Å². The van der Waals surface area contributed by atoms with Gasteiger partial charge in [0.1, 0.15) is 18.2 Å². The molecule has 0 aliphatic carbocycles. The lowest BCUT2D eigenvalue weighted by atomic mass is 10.1. The van der Waals surface area contributed by atoms with E-state index in [-0.39, 0.29) is 17.8 Å². The van der Waals surface area contributed by atoms with Gasteiger partial charge in [-0.15, -0.1) is 11.3 Å². The summed E-state index contributed by atoms with van der Waals surface area (Å²) in [7, 11) is 0. The van der Waals surface area contributed by atoms with Crippen molar-refractivity contribution < 1.29 is 14.3 Å². The molecule has 7 heteroatoms. The summed E-state index contributed by atoms with van der Waals surface area (Å²) in [4.78, 5) is 14.8. The van der Waals surface area contributed by atoms with Gasteiger partial charge in [-0.25, -0.2) is 4.79 Å². The van der Waals surface area contributed by atoms with Gasteiger partial charge in [-0.1, -0.05) is 30.3 Å². The number of nitrogens with two attached hydrogens (primary N) is 1. The fourth-order valence-electron chi connectivity index (χ4n) is 3.39. The van der Waals surface area contributed by atoms with E-state index in [1.165, 1.54) is 11.3 Å². The minimum absolute atomic E-state index is 0.0823. The van der Waals surface area contributed by atoms with Crippen molar-refractivity contribution in [2.75, 3.05) is 19.7 Å². The van der Waals surface area contributed by atoms with Crippen LogP contribution in [0.5, 0.6) is 5.75 Å². The quantitative estimate of drug-likeness (QED) is 0.471. The molecule has 4 rings (SSSR count). The molecule has 0 bridgehead atoms. The highest BCUT2D eigenvalue weighted by Crippen LogP contribution is 2.29. The number of benzene rings is 2. The van der Waals surface area contributed by atoms with Gasteiger partial charge in [0.2, 0.25) is 0 Å². The molecular formula is C22H23N3O3S. The van der Waals surface area contributed by atoms with Crippen LogP contribution in [0, 0.1) is 11.3 Å². The number of nitrogen functional groups attached to an aromatic ring is 1. The molecule has 0 radical (unpaired) electrons. The lowest BCUT2D eigenvalue weighted by molar-refractivity contribution is 0.102. The fraction of sp³-hybridized carbons (Fsp3) is 0.273. The van der Waals surface area contributed by atoms with Crippen molar-refractivity contribution in [3.63, 3.8) is 0 Å². The number of hydrogen-bond donors (Lipinski definition) is 2. The van der Waals surface area contributed by atoms with Crippen LogP contribution in [0.4, 0.5) is 4.79 Å². The van der Waals surface area contributed by atoms with Gasteiger partial charge < -0.3 is 20.1 Å². The summed E-state index contributed by atoms with van der Waals surface area (Å²) in [6.07, 6.45) is 0.629. The number of hydrogen-bond acceptors (Lipinski definition) is 5. The molecule has 1 atom stereocenters. The second-order valence-electron chi connectivity index (χ2n) is 7.18. The number of fused-ring (bicyclic) bond motifs is 1. The number of amides is 1. The maximum Gasteiger partial charge on any atom is 0.410 e. The van der Waals surface area contributed by atoms with Crippen LogP contribution in [-0.4, -0.2) is 36.5 Å². The second kappa shape index (κ2) is 8.53. The number of thiophene rings is 1. The van der Waals surface area contributed by atoms with E-state index < -0.39 is 0 Å². The number of ether oxygens (including phenoxy) is 2. The molecular weight excluding hydrogens is 386 g/mol. The summed E-state index contributed by atoms with van der Waals surface area (Å²) in [6.45, 7) is 2.18. The smallest absolute Gasteiger partial charge is 0.410 e. The Labute approximate surface area is 173 Å². The average Bonchev–Trinajstić information content (AvgIpc) is 3.38. The SMILES string of the molecule is N=C(N)c1cc2ccc(OCC3CCN(C(=O)OCc4ccccc4)C3)cc2s1. The number of rotatable bonds is 6. The maximum absolute atomic E-state index is 12.3. The normalized spacial score (nSPS) is 16.1. The van der Waals surface area contributed by atoms with Gasteiger partial charge in [0.15, 0.2) is 0 Å². The summed E-state index contributed by atoms with van der Waals surface area (Å²) in [5, 5.41) is 8.62. The van der Waals surface area contributed by atoms with Crippen molar-refractivity contribution in [3.8, 4) is 5.75 Å². The highest BCUT2D eigenvalue weighted by molar-refractivity contribution is 7.20. The minimum Gasteiger partial charge on any atom is -0.493 e. The van der Waals surface area contributed by atoms with Crippen molar-refractivity contribution in [3.05, 3.63) is 65.0 Å². The summed E-state index contributed by atoms with van der Waals surface area (Å²) in [5.74, 6) is 1.16. The van der Waals surface area contributed by atoms with Crippen LogP contribution in [0.15, 0.2) is 54.6 Å². The van der Waals surface area contributed by atoms with Gasteiger partial charge >= 0.3 is 6.09 Å². The molecule has 1 amide bonds. The predicted molar refractivity (Wildman–Crippen MR) is 115 cm³/mol. The zero-order valence-electron chi connectivity index (χ0n) is 16.0. The Morgan fingerprint density at radius 1 is 1.21 bits per heavy atom. The number of nitrogens with one attached hydrogen (secondary N) is 1. The Morgan fingerprint density at radius 3 is 2.83 bits per heavy atom. The van der Waals surface area contributed by atoms with E-state index in [2.05, 4.69) is 0 Å². The van der Waals surface area contributed by atoms with Crippen molar-refractivity contribution in [2.45, 2.75) is 13.0 Å². The average molecular weight is 410 g/mol. The van der Waals surface area contributed by atoms with E-state index >= 15 is 0 Å². The molecule has 6 nitrogen and oxygen atoms in total. The largest absolute Gasteiger partial charge is 0.493 e. The third kappa shape index (κ3) is 4.68. The van der Waals surface area contributed by atoms with Gasteiger partial charge in [-0.2, -0.15) is 0 Å². The van der Waals surface area contributed by atoms with E-state index in [9.17, 15) is 4.79 Å². The minimum atomic E-state index is -0.270. The van der Waals surface area contributed by atoms with Gasteiger partial charge in [-0.05, 0) is 41.6 Å². The topological polar surface area (TPSA) is 88.6 Å². The molecule has 1 fully saturated rings. The molecule has 0 saturated carbocycles. The van der Waals surface area contributed by atoms with Gasteiger partial charge in [0.25, 0.3) is 0 Å². The van der Waals surface area contributed by atoms with Crippen molar-refractivity contribution in [2.24, 2.45) is 11.7 Å². The second-order valence-corrected chi connectivity index (χ2v) is 8.26. The molecule has 150 valence electrons. The molecule has 1 aromatic heterocycles. The number of nitrogens with zero attached hydrogens (tertiary/aromatic N) is 1. The van der Waals surface area contributed by atoms with Crippen molar-refractivity contribution in [1.29, 1.82) is 5.41 Å². The zero-order valence-corrected chi connectivity index (χ0v) is 16.8. The molecule has 1 unspecified atom stereocenters. The highest BCUT2D eigenvalue weighted by atomic mass is 32.1. The Balaban J connectivity index is 1.27. The molecule has 3 aromatic rings. The Hall–Kier alpha value is -3.06. The lowest BCUT2D eigenvalue weighted by Gasteiger charge is -2.17. The monoisotopic (exact) mass is 409 g/mol. The van der Waals surface area contributed by atoms with Gasteiger partial charge in [0.05, 0.1) is 11.5 Å². The number of carbonyl (C=O) groups excluding carboxylic acids is 1. The Bertz CT molecular complexity index is 1020. The highest BCUT2D eigenvalue weighted by Gasteiger charge is 2.27. The van der Waals surface area contributed by atoms with E-state index in [1.807, 2.05) is 54.6 Å². The number of carbonyl (C=O) groups is 1. The molecule has 2 aromatic carbocycles.